The summed E-state index contributed by atoms with van der Waals surface area (Å²) in [6, 6.07) is 6.95. The number of carbonyl (C=O) groups is 3. The fourth-order valence-electron chi connectivity index (χ4n) is 3.73. The number of nitrogens with one attached hydrogen (secondary N) is 1. The summed E-state index contributed by atoms with van der Waals surface area (Å²) in [5.41, 5.74) is 1.11. The fourth-order valence-corrected chi connectivity index (χ4v) is 3.73. The number of carbonyl (C=O) groups excluding carboxylic acids is 2. The van der Waals surface area contributed by atoms with Crippen LogP contribution in [-0.4, -0.2) is 53.6 Å². The Morgan fingerprint density at radius 1 is 1.22 bits per heavy atom. The SMILES string of the molecule is O=C(O)CCC1CCCN(C(=O)c2cccc(NC(=O)C3CCCO3)c2)C1. The van der Waals surface area contributed by atoms with Crippen molar-refractivity contribution in [3.8, 4) is 0 Å². The highest BCUT2D eigenvalue weighted by molar-refractivity contribution is 5.98. The van der Waals surface area contributed by atoms with E-state index in [4.69, 9.17) is 9.84 Å². The highest BCUT2D eigenvalue weighted by atomic mass is 16.5. The molecule has 2 aliphatic rings. The smallest absolute Gasteiger partial charge is 0.303 e. The van der Waals surface area contributed by atoms with Crippen LogP contribution in [0.2, 0.25) is 0 Å². The Labute approximate surface area is 158 Å². The average molecular weight is 374 g/mol. The lowest BCUT2D eigenvalue weighted by atomic mass is 9.93. The van der Waals surface area contributed by atoms with Crippen LogP contribution in [0.3, 0.4) is 0 Å². The molecular formula is C20H26N2O5. The van der Waals surface area contributed by atoms with Gasteiger partial charge in [-0.05, 0) is 56.2 Å². The molecule has 2 aliphatic heterocycles. The maximum absolute atomic E-state index is 12.8. The number of nitrogens with zero attached hydrogens (tertiary/aromatic N) is 1. The van der Waals surface area contributed by atoms with Crippen molar-refractivity contribution in [3.63, 3.8) is 0 Å². The summed E-state index contributed by atoms with van der Waals surface area (Å²) in [6.45, 7) is 1.86. The molecule has 1 aromatic rings. The first kappa shape index (κ1) is 19.4. The van der Waals surface area contributed by atoms with Gasteiger partial charge in [-0.15, -0.1) is 0 Å². The quantitative estimate of drug-likeness (QED) is 0.798. The topological polar surface area (TPSA) is 95.9 Å². The number of benzene rings is 1. The van der Waals surface area contributed by atoms with Crippen molar-refractivity contribution in [3.05, 3.63) is 29.8 Å². The van der Waals surface area contributed by atoms with Gasteiger partial charge in [0.1, 0.15) is 6.10 Å². The number of ether oxygens (including phenoxy) is 1. The molecule has 1 aromatic carbocycles. The van der Waals surface area contributed by atoms with Crippen molar-refractivity contribution in [1.82, 2.24) is 4.90 Å². The van der Waals surface area contributed by atoms with Crippen molar-refractivity contribution in [2.45, 2.75) is 44.6 Å². The minimum Gasteiger partial charge on any atom is -0.481 e. The number of anilines is 1. The molecule has 2 unspecified atom stereocenters. The molecule has 0 aliphatic carbocycles. The lowest BCUT2D eigenvalue weighted by Gasteiger charge is -2.32. The van der Waals surface area contributed by atoms with Crippen molar-refractivity contribution in [2.75, 3.05) is 25.0 Å². The van der Waals surface area contributed by atoms with Gasteiger partial charge in [0.2, 0.25) is 0 Å². The van der Waals surface area contributed by atoms with Gasteiger partial charge >= 0.3 is 5.97 Å². The van der Waals surface area contributed by atoms with Gasteiger partial charge in [0.05, 0.1) is 0 Å². The molecule has 0 spiro atoms. The first-order chi connectivity index (χ1) is 13.0. The Kier molecular flexibility index (Phi) is 6.45. The number of carboxylic acids is 1. The summed E-state index contributed by atoms with van der Waals surface area (Å²) in [7, 11) is 0. The zero-order chi connectivity index (χ0) is 19.2. The van der Waals surface area contributed by atoms with Gasteiger partial charge in [-0.2, -0.15) is 0 Å². The van der Waals surface area contributed by atoms with Crippen LogP contribution in [0, 0.1) is 5.92 Å². The molecular weight excluding hydrogens is 348 g/mol. The number of likely N-dealkylation sites (tertiary alicyclic amines) is 1. The van der Waals surface area contributed by atoms with E-state index in [0.29, 0.717) is 37.4 Å². The fraction of sp³-hybridized carbons (Fsp3) is 0.550. The van der Waals surface area contributed by atoms with E-state index in [1.165, 1.54) is 0 Å². The highest BCUT2D eigenvalue weighted by Crippen LogP contribution is 2.23. The summed E-state index contributed by atoms with van der Waals surface area (Å²) in [6.07, 6.45) is 3.75. The predicted molar refractivity (Wildman–Crippen MR) is 99.5 cm³/mol. The molecule has 0 radical (unpaired) electrons. The first-order valence-electron chi connectivity index (χ1n) is 9.56. The third kappa shape index (κ3) is 5.29. The molecule has 2 N–H and O–H groups in total. The molecule has 0 saturated carbocycles. The van der Waals surface area contributed by atoms with Crippen LogP contribution in [0.15, 0.2) is 24.3 Å². The van der Waals surface area contributed by atoms with E-state index in [1.807, 2.05) is 0 Å². The summed E-state index contributed by atoms with van der Waals surface area (Å²) in [5, 5.41) is 11.7. The van der Waals surface area contributed by atoms with Gasteiger partial charge in [-0.1, -0.05) is 6.07 Å². The number of piperidine rings is 1. The van der Waals surface area contributed by atoms with Gasteiger partial charge in [0.15, 0.2) is 0 Å². The normalized spacial score (nSPS) is 22.4. The summed E-state index contributed by atoms with van der Waals surface area (Å²) >= 11 is 0. The molecule has 2 amide bonds. The molecule has 2 fully saturated rings. The van der Waals surface area contributed by atoms with Crippen LogP contribution >= 0.6 is 0 Å². The number of amides is 2. The zero-order valence-electron chi connectivity index (χ0n) is 15.4. The second-order valence-electron chi connectivity index (χ2n) is 7.26. The maximum atomic E-state index is 12.8. The van der Waals surface area contributed by atoms with E-state index < -0.39 is 12.1 Å². The van der Waals surface area contributed by atoms with Gasteiger partial charge < -0.3 is 20.1 Å². The predicted octanol–water partition coefficient (Wildman–Crippen LogP) is 2.52. The van der Waals surface area contributed by atoms with Crippen LogP contribution in [0.25, 0.3) is 0 Å². The highest BCUT2D eigenvalue weighted by Gasteiger charge is 2.26. The summed E-state index contributed by atoms with van der Waals surface area (Å²) in [5.74, 6) is -0.832. The Morgan fingerprint density at radius 3 is 2.81 bits per heavy atom. The number of rotatable bonds is 6. The lowest BCUT2D eigenvalue weighted by molar-refractivity contribution is -0.137. The summed E-state index contributed by atoms with van der Waals surface area (Å²) < 4.78 is 5.38. The Balaban J connectivity index is 1.60. The third-order valence-electron chi connectivity index (χ3n) is 5.17. The van der Waals surface area contributed by atoms with Crippen molar-refractivity contribution < 1.29 is 24.2 Å². The van der Waals surface area contributed by atoms with E-state index in [-0.39, 0.29) is 24.2 Å². The Morgan fingerprint density at radius 2 is 2.07 bits per heavy atom. The second kappa shape index (κ2) is 8.99. The second-order valence-corrected chi connectivity index (χ2v) is 7.26. The Hall–Kier alpha value is -2.41. The van der Waals surface area contributed by atoms with Crippen molar-refractivity contribution in [1.29, 1.82) is 0 Å². The first-order valence-corrected chi connectivity index (χ1v) is 9.56. The number of aliphatic carboxylic acids is 1. The molecule has 0 aromatic heterocycles. The van der Waals surface area contributed by atoms with Gasteiger partial charge in [0.25, 0.3) is 11.8 Å². The van der Waals surface area contributed by atoms with E-state index in [9.17, 15) is 14.4 Å². The van der Waals surface area contributed by atoms with Crippen LogP contribution in [0.5, 0.6) is 0 Å². The van der Waals surface area contributed by atoms with Crippen molar-refractivity contribution >= 4 is 23.5 Å². The van der Waals surface area contributed by atoms with Gasteiger partial charge in [0, 0.05) is 37.4 Å². The van der Waals surface area contributed by atoms with Crippen molar-refractivity contribution in [2.24, 2.45) is 5.92 Å². The molecule has 27 heavy (non-hydrogen) atoms. The van der Waals surface area contributed by atoms with E-state index in [0.717, 1.165) is 25.7 Å². The molecule has 2 atom stereocenters. The molecule has 2 heterocycles. The minimum absolute atomic E-state index is 0.0803. The monoisotopic (exact) mass is 374 g/mol. The number of hydrogen-bond acceptors (Lipinski definition) is 4. The van der Waals surface area contributed by atoms with E-state index in [2.05, 4.69) is 5.32 Å². The van der Waals surface area contributed by atoms with Crippen LogP contribution < -0.4 is 5.32 Å². The maximum Gasteiger partial charge on any atom is 0.303 e. The van der Waals surface area contributed by atoms with E-state index >= 15 is 0 Å². The lowest BCUT2D eigenvalue weighted by Crippen LogP contribution is -2.40. The molecule has 2 saturated heterocycles. The Bertz CT molecular complexity index is 699. The third-order valence-corrected chi connectivity index (χ3v) is 5.17. The number of carboxylic acid groups (broad SMARTS) is 1. The molecule has 3 rings (SSSR count). The zero-order valence-corrected chi connectivity index (χ0v) is 15.4. The van der Waals surface area contributed by atoms with Crippen LogP contribution in [0.4, 0.5) is 5.69 Å². The number of hydrogen-bond donors (Lipinski definition) is 2. The van der Waals surface area contributed by atoms with E-state index in [1.54, 1.807) is 29.2 Å². The molecule has 0 bridgehead atoms. The van der Waals surface area contributed by atoms with Gasteiger partial charge in [-0.25, -0.2) is 0 Å². The largest absolute Gasteiger partial charge is 0.481 e. The summed E-state index contributed by atoms with van der Waals surface area (Å²) in [4.78, 5) is 37.6. The standard InChI is InChI=1S/C20H26N2O5/c23-18(24)9-8-14-4-2-10-22(13-14)20(26)15-5-1-6-16(12-15)21-19(25)17-7-3-11-27-17/h1,5-6,12,14,17H,2-4,7-11,13H2,(H,21,25)(H,23,24). The van der Waals surface area contributed by atoms with Crippen LogP contribution in [0.1, 0.15) is 48.9 Å². The molecule has 146 valence electrons. The van der Waals surface area contributed by atoms with Gasteiger partial charge in [-0.3, -0.25) is 14.4 Å². The minimum atomic E-state index is -0.798. The van der Waals surface area contributed by atoms with Crippen LogP contribution in [-0.2, 0) is 14.3 Å². The molecule has 7 heteroatoms. The average Bonchev–Trinajstić information content (AvgIpc) is 3.21. The molecule has 7 nitrogen and oxygen atoms in total.